The molecule has 25 heavy (non-hydrogen) atoms. The molecular weight excluding hydrogens is 324 g/mol. The number of halogens is 2. The SMILES string of the molecule is Cc1ccc(C(=O)N(c2ccc(O)cc2)c2ccc(F)cc2)cc1F. The van der Waals surface area contributed by atoms with Gasteiger partial charge >= 0.3 is 0 Å². The fourth-order valence-corrected chi connectivity index (χ4v) is 2.43. The summed E-state index contributed by atoms with van der Waals surface area (Å²) < 4.78 is 27.1. The van der Waals surface area contributed by atoms with E-state index in [0.29, 0.717) is 16.9 Å². The summed E-state index contributed by atoms with van der Waals surface area (Å²) in [5.74, 6) is -1.31. The first-order valence-corrected chi connectivity index (χ1v) is 7.61. The van der Waals surface area contributed by atoms with E-state index in [2.05, 4.69) is 0 Å². The number of carbonyl (C=O) groups is 1. The maximum absolute atomic E-state index is 13.9. The number of rotatable bonds is 3. The minimum absolute atomic E-state index is 0.0524. The van der Waals surface area contributed by atoms with Crippen LogP contribution in [0, 0.1) is 18.6 Å². The van der Waals surface area contributed by atoms with Gasteiger partial charge in [-0.25, -0.2) is 8.78 Å². The number of anilines is 2. The smallest absolute Gasteiger partial charge is 0.262 e. The molecule has 3 rings (SSSR count). The fraction of sp³-hybridized carbons (Fsp3) is 0.0500. The van der Waals surface area contributed by atoms with E-state index in [-0.39, 0.29) is 11.3 Å². The highest BCUT2D eigenvalue weighted by Gasteiger charge is 2.21. The Balaban J connectivity index is 2.09. The number of aromatic hydroxyl groups is 1. The number of carbonyl (C=O) groups excluding carboxylic acids is 1. The molecule has 0 aromatic heterocycles. The number of phenols is 1. The standard InChI is InChI=1S/C20H15F2NO2/c1-13-2-3-14(12-19(13)22)20(25)23(16-6-4-15(21)5-7-16)17-8-10-18(24)11-9-17/h2-12,24H,1H3. The molecule has 3 nitrogen and oxygen atoms in total. The van der Waals surface area contributed by atoms with Crippen molar-refractivity contribution in [3.05, 3.63) is 89.5 Å². The highest BCUT2D eigenvalue weighted by molar-refractivity contribution is 6.10. The minimum Gasteiger partial charge on any atom is -0.508 e. The second-order valence-corrected chi connectivity index (χ2v) is 5.60. The van der Waals surface area contributed by atoms with Gasteiger partial charge in [0.15, 0.2) is 0 Å². The van der Waals surface area contributed by atoms with Crippen molar-refractivity contribution in [3.63, 3.8) is 0 Å². The van der Waals surface area contributed by atoms with E-state index in [0.717, 1.165) is 0 Å². The molecule has 0 atom stereocenters. The molecule has 1 amide bonds. The second kappa shape index (κ2) is 6.73. The molecule has 0 saturated carbocycles. The van der Waals surface area contributed by atoms with Crippen molar-refractivity contribution in [2.75, 3.05) is 4.90 Å². The number of aryl methyl sites for hydroxylation is 1. The summed E-state index contributed by atoms with van der Waals surface area (Å²) in [5.41, 5.74) is 1.50. The van der Waals surface area contributed by atoms with Gasteiger partial charge in [0.25, 0.3) is 5.91 Å². The van der Waals surface area contributed by atoms with E-state index in [9.17, 15) is 18.7 Å². The van der Waals surface area contributed by atoms with Crippen molar-refractivity contribution in [1.29, 1.82) is 0 Å². The van der Waals surface area contributed by atoms with E-state index in [1.807, 2.05) is 0 Å². The van der Waals surface area contributed by atoms with Gasteiger partial charge in [-0.2, -0.15) is 0 Å². The first-order valence-electron chi connectivity index (χ1n) is 7.61. The van der Waals surface area contributed by atoms with Crippen LogP contribution >= 0.6 is 0 Å². The van der Waals surface area contributed by atoms with Gasteiger partial charge in [0, 0.05) is 16.9 Å². The van der Waals surface area contributed by atoms with Gasteiger partial charge in [0.1, 0.15) is 17.4 Å². The van der Waals surface area contributed by atoms with Gasteiger partial charge in [-0.3, -0.25) is 9.69 Å². The quantitative estimate of drug-likeness (QED) is 0.733. The van der Waals surface area contributed by atoms with Crippen molar-refractivity contribution in [1.82, 2.24) is 0 Å². The molecule has 0 saturated heterocycles. The molecule has 3 aromatic carbocycles. The van der Waals surface area contributed by atoms with Crippen LogP contribution in [0.15, 0.2) is 66.7 Å². The number of phenolic OH excluding ortho intramolecular Hbond substituents is 1. The van der Waals surface area contributed by atoms with E-state index < -0.39 is 17.5 Å². The third kappa shape index (κ3) is 3.50. The molecule has 0 aliphatic heterocycles. The average molecular weight is 339 g/mol. The van der Waals surface area contributed by atoms with Crippen LogP contribution < -0.4 is 4.90 Å². The van der Waals surface area contributed by atoms with Gasteiger partial charge < -0.3 is 5.11 Å². The summed E-state index contributed by atoms with van der Waals surface area (Å²) in [7, 11) is 0. The molecule has 3 aromatic rings. The third-order valence-electron chi connectivity index (χ3n) is 3.81. The van der Waals surface area contributed by atoms with Crippen molar-refractivity contribution in [2.24, 2.45) is 0 Å². The Morgan fingerprint density at radius 2 is 1.44 bits per heavy atom. The lowest BCUT2D eigenvalue weighted by atomic mass is 10.1. The van der Waals surface area contributed by atoms with E-state index in [1.54, 1.807) is 19.1 Å². The number of nitrogens with zero attached hydrogens (tertiary/aromatic N) is 1. The number of amides is 1. The Kier molecular flexibility index (Phi) is 4.48. The maximum atomic E-state index is 13.9. The summed E-state index contributed by atoms with van der Waals surface area (Å²) in [6.07, 6.45) is 0. The second-order valence-electron chi connectivity index (χ2n) is 5.60. The van der Waals surface area contributed by atoms with Gasteiger partial charge in [-0.1, -0.05) is 6.07 Å². The summed E-state index contributed by atoms with van der Waals surface area (Å²) in [6, 6.07) is 15.6. The van der Waals surface area contributed by atoms with Crippen molar-refractivity contribution in [2.45, 2.75) is 6.92 Å². The lowest BCUT2D eigenvalue weighted by Gasteiger charge is -2.23. The zero-order chi connectivity index (χ0) is 18.0. The van der Waals surface area contributed by atoms with E-state index in [4.69, 9.17) is 0 Å². The van der Waals surface area contributed by atoms with E-state index in [1.165, 1.54) is 59.5 Å². The van der Waals surface area contributed by atoms with Crippen molar-refractivity contribution >= 4 is 17.3 Å². The molecule has 0 aliphatic rings. The van der Waals surface area contributed by atoms with Crippen LogP contribution in [0.4, 0.5) is 20.2 Å². The zero-order valence-corrected chi connectivity index (χ0v) is 13.4. The highest BCUT2D eigenvalue weighted by Crippen LogP contribution is 2.29. The van der Waals surface area contributed by atoms with Crippen molar-refractivity contribution in [3.8, 4) is 5.75 Å². The van der Waals surface area contributed by atoms with Crippen molar-refractivity contribution < 1.29 is 18.7 Å². The molecule has 0 spiro atoms. The summed E-state index contributed by atoms with van der Waals surface area (Å²) >= 11 is 0. The molecule has 0 fully saturated rings. The van der Waals surface area contributed by atoms with Gasteiger partial charge in [0.2, 0.25) is 0 Å². The Labute approximate surface area is 143 Å². The summed E-state index contributed by atoms with van der Waals surface area (Å²) in [4.78, 5) is 14.3. The zero-order valence-electron chi connectivity index (χ0n) is 13.4. The molecule has 0 aliphatic carbocycles. The van der Waals surface area contributed by atoms with Crippen LogP contribution in [-0.4, -0.2) is 11.0 Å². The van der Waals surface area contributed by atoms with Crippen LogP contribution in [-0.2, 0) is 0 Å². The first-order chi connectivity index (χ1) is 12.0. The first kappa shape index (κ1) is 16.6. The summed E-state index contributed by atoms with van der Waals surface area (Å²) in [6.45, 7) is 1.61. The Hall–Kier alpha value is -3.21. The predicted octanol–water partition coefficient (Wildman–Crippen LogP) is 4.96. The normalized spacial score (nSPS) is 10.5. The average Bonchev–Trinajstić information content (AvgIpc) is 2.61. The molecule has 5 heteroatoms. The van der Waals surface area contributed by atoms with Crippen LogP contribution in [0.5, 0.6) is 5.75 Å². The van der Waals surface area contributed by atoms with E-state index >= 15 is 0 Å². The number of hydrogen-bond acceptors (Lipinski definition) is 2. The predicted molar refractivity (Wildman–Crippen MR) is 92.1 cm³/mol. The molecule has 126 valence electrons. The Bertz CT molecular complexity index is 860. The molecule has 0 radical (unpaired) electrons. The van der Waals surface area contributed by atoms with Gasteiger partial charge in [-0.05, 0) is 73.2 Å². The Morgan fingerprint density at radius 3 is 2.00 bits per heavy atom. The van der Waals surface area contributed by atoms with Crippen LogP contribution in [0.2, 0.25) is 0 Å². The number of hydrogen-bond donors (Lipinski definition) is 1. The lowest BCUT2D eigenvalue weighted by Crippen LogP contribution is -2.26. The molecular formula is C20H15F2NO2. The molecule has 0 bridgehead atoms. The topological polar surface area (TPSA) is 40.5 Å². The van der Waals surface area contributed by atoms with Crippen LogP contribution in [0.1, 0.15) is 15.9 Å². The van der Waals surface area contributed by atoms with Gasteiger partial charge in [-0.15, -0.1) is 0 Å². The number of benzene rings is 3. The van der Waals surface area contributed by atoms with Crippen LogP contribution in [0.25, 0.3) is 0 Å². The van der Waals surface area contributed by atoms with Crippen LogP contribution in [0.3, 0.4) is 0 Å². The minimum atomic E-state index is -0.476. The molecule has 1 N–H and O–H groups in total. The Morgan fingerprint density at radius 1 is 0.880 bits per heavy atom. The lowest BCUT2D eigenvalue weighted by molar-refractivity contribution is 0.0998. The molecule has 0 unspecified atom stereocenters. The fourth-order valence-electron chi connectivity index (χ4n) is 2.43. The molecule has 0 heterocycles. The maximum Gasteiger partial charge on any atom is 0.262 e. The highest BCUT2D eigenvalue weighted by atomic mass is 19.1. The monoisotopic (exact) mass is 339 g/mol. The van der Waals surface area contributed by atoms with Gasteiger partial charge in [0.05, 0.1) is 0 Å². The summed E-state index contributed by atoms with van der Waals surface area (Å²) in [5, 5.41) is 9.47. The largest absolute Gasteiger partial charge is 0.508 e. The third-order valence-corrected chi connectivity index (χ3v) is 3.81.